The van der Waals surface area contributed by atoms with Gasteiger partial charge in [-0.15, -0.1) is 0 Å². The molecule has 1 N–H and O–H groups in total. The van der Waals surface area contributed by atoms with Crippen molar-refractivity contribution in [2.45, 2.75) is 122 Å². The van der Waals surface area contributed by atoms with Gasteiger partial charge < -0.3 is 52.8 Å². The van der Waals surface area contributed by atoms with E-state index in [9.17, 15) is 9.90 Å². The molecule has 2 saturated heterocycles. The van der Waals surface area contributed by atoms with Gasteiger partial charge in [-0.2, -0.15) is 0 Å². The average Bonchev–Trinajstić information content (AvgIpc) is 3.29. The number of rotatable bonds is 4. The number of hydrogen-bond acceptors (Lipinski definition) is 3. The summed E-state index contributed by atoms with van der Waals surface area (Å²) in [5, 5.41) is 12.0. The maximum atomic E-state index is 13.4. The summed E-state index contributed by atoms with van der Waals surface area (Å²) in [5.41, 5.74) is 1.04. The molecule has 7 rings (SSSR count). The largest absolute Gasteiger partial charge is 1.00 e. The van der Waals surface area contributed by atoms with Crippen molar-refractivity contribution >= 4 is 5.97 Å². The molecule has 7 heteroatoms. The molecule has 45 heavy (non-hydrogen) atoms. The second kappa shape index (κ2) is 13.4. The molecule has 6 aliphatic rings. The van der Waals surface area contributed by atoms with Crippen molar-refractivity contribution in [3.63, 3.8) is 0 Å². The third-order valence-electron chi connectivity index (χ3n) is 15.2. The van der Waals surface area contributed by atoms with Gasteiger partial charge in [0.05, 0.1) is 45.8 Å². The minimum Gasteiger partial charge on any atom is -1.00 e. The Kier molecular flexibility index (Phi) is 10.7. The highest BCUT2D eigenvalue weighted by Crippen LogP contribution is 2.67. The van der Waals surface area contributed by atoms with E-state index in [1.807, 2.05) is 30.3 Å². The number of ether oxygens (including phenoxy) is 1. The Morgan fingerprint density at radius 3 is 2.00 bits per heavy atom. The van der Waals surface area contributed by atoms with E-state index in [0.717, 1.165) is 27.2 Å². The summed E-state index contributed by atoms with van der Waals surface area (Å²) in [6.45, 7) is 10.1. The van der Waals surface area contributed by atoms with Crippen molar-refractivity contribution in [1.29, 1.82) is 0 Å². The summed E-state index contributed by atoms with van der Waals surface area (Å²) < 4.78 is 8.72. The second-order valence-corrected chi connectivity index (χ2v) is 17.2. The van der Waals surface area contributed by atoms with E-state index in [4.69, 9.17) is 4.74 Å². The smallest absolute Gasteiger partial charge is 0.338 e. The lowest BCUT2D eigenvalue weighted by Gasteiger charge is -2.63. The molecule has 1 aromatic rings. The molecule has 2 heterocycles. The maximum absolute atomic E-state index is 13.4. The zero-order valence-corrected chi connectivity index (χ0v) is 31.6. The molecular formula is C38H60Br2N2O3. The van der Waals surface area contributed by atoms with Crippen LogP contribution < -0.4 is 34.0 Å². The summed E-state index contributed by atoms with van der Waals surface area (Å²) in [4.78, 5) is 13.4. The molecule has 6 fully saturated rings. The first kappa shape index (κ1) is 35.8. The summed E-state index contributed by atoms with van der Waals surface area (Å²) >= 11 is 0. The predicted octanol–water partition coefficient (Wildman–Crippen LogP) is 0.842. The standard InChI is InChI=1S/C38H60N2O3.2BrH/c1-37-19-18-30-29(31(37)25-32(35(37)41)39(3)20-10-6-11-21-39)17-16-28-24-34(43-36(42)27-14-8-5-9-15-27)33(26-38(28,30)2)40(4)22-12-7-13-23-40;;/h5,8-9,14-15,28-35,41H,6-7,10-13,16-26H2,1-4H3;2*1H/q+2;;/p-2/t28-,29+,30-,31-,32?,33?,34-,35-,37-,38-;;/m0../s1. The van der Waals surface area contributed by atoms with Crippen molar-refractivity contribution < 1.29 is 57.6 Å². The number of quaternary nitrogens is 2. The molecule has 0 spiro atoms. The molecule has 0 bridgehead atoms. The zero-order chi connectivity index (χ0) is 30.0. The van der Waals surface area contributed by atoms with Crippen LogP contribution in [0.2, 0.25) is 0 Å². The molecule has 2 unspecified atom stereocenters. The van der Waals surface area contributed by atoms with Crippen LogP contribution in [0, 0.1) is 34.5 Å². The topological polar surface area (TPSA) is 46.5 Å². The highest BCUT2D eigenvalue weighted by Gasteiger charge is 2.66. The Morgan fingerprint density at radius 1 is 0.778 bits per heavy atom. The van der Waals surface area contributed by atoms with Crippen LogP contribution in [0.3, 0.4) is 0 Å². The number of carbonyl (C=O) groups excluding carboxylic acids is 1. The summed E-state index contributed by atoms with van der Waals surface area (Å²) in [6, 6.07) is 10.5. The average molecular weight is 753 g/mol. The first-order valence-electron chi connectivity index (χ1n) is 18.2. The van der Waals surface area contributed by atoms with Gasteiger partial charge in [-0.25, -0.2) is 4.79 Å². The number of nitrogens with zero attached hydrogens (tertiary/aromatic N) is 2. The van der Waals surface area contributed by atoms with Gasteiger partial charge in [0.2, 0.25) is 0 Å². The van der Waals surface area contributed by atoms with Crippen LogP contribution in [0.15, 0.2) is 30.3 Å². The van der Waals surface area contributed by atoms with Gasteiger partial charge in [0, 0.05) is 18.3 Å². The van der Waals surface area contributed by atoms with Crippen molar-refractivity contribution in [2.75, 3.05) is 40.3 Å². The number of benzene rings is 1. The van der Waals surface area contributed by atoms with E-state index in [1.165, 1.54) is 103 Å². The number of piperidine rings is 2. The molecule has 4 saturated carbocycles. The zero-order valence-electron chi connectivity index (χ0n) is 28.4. The number of likely N-dealkylation sites (tertiary alicyclic amines) is 2. The quantitative estimate of drug-likeness (QED) is 0.367. The van der Waals surface area contributed by atoms with E-state index in [-0.39, 0.29) is 63.0 Å². The SMILES string of the molecule is C[C@]12CC([N+]3(C)CCCCC3)[C@@H](OC(=O)c3ccccc3)C[C@@H]1CC[C@@H]1[C@@H]2CC[C@]2(C)[C@@H](O)C([N+]3(C)CCCCC3)C[C@@H]12.[Br-].[Br-]. The Bertz CT molecular complexity index is 1170. The van der Waals surface area contributed by atoms with Crippen LogP contribution in [0.5, 0.6) is 0 Å². The Balaban J connectivity index is 0.00000200. The van der Waals surface area contributed by atoms with Crippen LogP contribution in [-0.2, 0) is 4.74 Å². The summed E-state index contributed by atoms with van der Waals surface area (Å²) in [6.07, 6.45) is 16.2. The van der Waals surface area contributed by atoms with Crippen LogP contribution in [0.1, 0.15) is 108 Å². The van der Waals surface area contributed by atoms with Crippen LogP contribution in [0.4, 0.5) is 0 Å². The third kappa shape index (κ3) is 6.04. The number of esters is 1. The lowest BCUT2D eigenvalue weighted by Crippen LogP contribution is -3.00. The van der Waals surface area contributed by atoms with E-state index < -0.39 is 0 Å². The molecule has 254 valence electrons. The van der Waals surface area contributed by atoms with Gasteiger partial charge >= 0.3 is 5.97 Å². The first-order chi connectivity index (χ1) is 20.6. The van der Waals surface area contributed by atoms with E-state index in [1.54, 1.807) is 0 Å². The number of carbonyl (C=O) groups is 1. The minimum atomic E-state index is -0.161. The fourth-order valence-corrected chi connectivity index (χ4v) is 12.5. The minimum absolute atomic E-state index is 0. The molecular weight excluding hydrogens is 692 g/mol. The monoisotopic (exact) mass is 750 g/mol. The second-order valence-electron chi connectivity index (χ2n) is 17.2. The lowest BCUT2D eigenvalue weighted by molar-refractivity contribution is -0.943. The fraction of sp³-hybridized carbons (Fsp3) is 0.816. The van der Waals surface area contributed by atoms with Gasteiger partial charge in [-0.05, 0) is 112 Å². The summed E-state index contributed by atoms with van der Waals surface area (Å²) in [7, 11) is 4.95. The van der Waals surface area contributed by atoms with Crippen LogP contribution >= 0.6 is 0 Å². The van der Waals surface area contributed by atoms with E-state index in [0.29, 0.717) is 29.5 Å². The van der Waals surface area contributed by atoms with Crippen molar-refractivity contribution in [2.24, 2.45) is 34.5 Å². The number of halogens is 2. The highest BCUT2D eigenvalue weighted by molar-refractivity contribution is 5.89. The van der Waals surface area contributed by atoms with Gasteiger partial charge in [0.25, 0.3) is 0 Å². The number of fused-ring (bicyclic) bond motifs is 5. The van der Waals surface area contributed by atoms with Crippen molar-refractivity contribution in [1.82, 2.24) is 0 Å². The Hall–Kier alpha value is -0.470. The first-order valence-corrected chi connectivity index (χ1v) is 18.2. The number of aliphatic hydroxyl groups is 1. The third-order valence-corrected chi connectivity index (χ3v) is 15.2. The molecule has 5 nitrogen and oxygen atoms in total. The van der Waals surface area contributed by atoms with Gasteiger partial charge in [-0.1, -0.05) is 32.0 Å². The highest BCUT2D eigenvalue weighted by atomic mass is 79.9. The molecule has 10 atom stereocenters. The van der Waals surface area contributed by atoms with E-state index in [2.05, 4.69) is 27.9 Å². The summed E-state index contributed by atoms with van der Waals surface area (Å²) in [5.74, 6) is 2.59. The molecule has 1 aromatic carbocycles. The molecule has 0 amide bonds. The Morgan fingerprint density at radius 2 is 1.38 bits per heavy atom. The molecule has 0 aromatic heterocycles. The van der Waals surface area contributed by atoms with Crippen LogP contribution in [-0.4, -0.2) is 84.6 Å². The number of aliphatic hydroxyl groups excluding tert-OH is 1. The van der Waals surface area contributed by atoms with Crippen molar-refractivity contribution in [3.05, 3.63) is 35.9 Å². The van der Waals surface area contributed by atoms with E-state index >= 15 is 0 Å². The normalized spacial score (nSPS) is 43.3. The maximum Gasteiger partial charge on any atom is 0.338 e. The Labute approximate surface area is 294 Å². The molecule has 0 radical (unpaired) electrons. The van der Waals surface area contributed by atoms with Gasteiger partial charge in [0.15, 0.2) is 6.10 Å². The van der Waals surface area contributed by atoms with Crippen LogP contribution in [0.25, 0.3) is 0 Å². The fourth-order valence-electron chi connectivity index (χ4n) is 12.5. The van der Waals surface area contributed by atoms with Crippen molar-refractivity contribution in [3.8, 4) is 0 Å². The van der Waals surface area contributed by atoms with Gasteiger partial charge in [-0.3, -0.25) is 0 Å². The van der Waals surface area contributed by atoms with Gasteiger partial charge in [0.1, 0.15) is 18.2 Å². The lowest BCUT2D eigenvalue weighted by atomic mass is 9.44. The number of likely N-dealkylation sites (N-methyl/N-ethyl adjacent to an activating group) is 2. The molecule has 2 aliphatic heterocycles. The number of hydrogen-bond donors (Lipinski definition) is 1. The molecule has 4 aliphatic carbocycles. The predicted molar refractivity (Wildman–Crippen MR) is 171 cm³/mol.